The second-order valence-electron chi connectivity index (χ2n) is 6.81. The summed E-state index contributed by atoms with van der Waals surface area (Å²) in [6.45, 7) is 1.89. The Morgan fingerprint density at radius 1 is 1.00 bits per heavy atom. The highest BCUT2D eigenvalue weighted by molar-refractivity contribution is 9.10. The van der Waals surface area contributed by atoms with E-state index in [1.807, 2.05) is 49.4 Å². The van der Waals surface area contributed by atoms with Crippen LogP contribution in [-0.2, 0) is 0 Å². The number of hydrogen-bond donors (Lipinski definition) is 1. The molecule has 0 radical (unpaired) electrons. The number of halogens is 1. The first-order valence-corrected chi connectivity index (χ1v) is 10.0. The Kier molecular flexibility index (Phi) is 5.42. The standard InChI is InChI=1S/C24H18BrNO4/c1-14-11-17(26-23(27)20-13-16(25)7-10-22(20)29-2)8-9-18(14)19-12-15-5-3-4-6-21(15)30-24(19)28/h3-13H,1-2H3,(H,26,27). The first kappa shape index (κ1) is 19.9. The molecule has 150 valence electrons. The zero-order chi connectivity index (χ0) is 21.3. The molecule has 5 nitrogen and oxygen atoms in total. The van der Waals surface area contributed by atoms with Gasteiger partial charge in [0.1, 0.15) is 11.3 Å². The predicted octanol–water partition coefficient (Wildman–Crippen LogP) is 5.79. The summed E-state index contributed by atoms with van der Waals surface area (Å²) in [5.74, 6) is 0.198. The highest BCUT2D eigenvalue weighted by Gasteiger charge is 2.15. The van der Waals surface area contributed by atoms with Crippen LogP contribution in [0.25, 0.3) is 22.1 Å². The minimum atomic E-state index is -0.396. The first-order chi connectivity index (χ1) is 14.5. The van der Waals surface area contributed by atoms with Gasteiger partial charge in [-0.05, 0) is 60.5 Å². The zero-order valence-electron chi connectivity index (χ0n) is 16.4. The van der Waals surface area contributed by atoms with Crippen molar-refractivity contribution in [2.75, 3.05) is 12.4 Å². The Bertz CT molecular complexity index is 1330. The second kappa shape index (κ2) is 8.16. The molecule has 4 aromatic rings. The quantitative estimate of drug-likeness (QED) is 0.388. The topological polar surface area (TPSA) is 68.5 Å². The Hall–Kier alpha value is -3.38. The van der Waals surface area contributed by atoms with Crippen LogP contribution in [0.15, 0.2) is 80.4 Å². The van der Waals surface area contributed by atoms with E-state index in [1.165, 1.54) is 7.11 Å². The van der Waals surface area contributed by atoms with E-state index in [-0.39, 0.29) is 5.91 Å². The van der Waals surface area contributed by atoms with Gasteiger partial charge < -0.3 is 14.5 Å². The van der Waals surface area contributed by atoms with Crippen molar-refractivity contribution in [1.82, 2.24) is 0 Å². The van der Waals surface area contributed by atoms with Crippen molar-refractivity contribution in [2.24, 2.45) is 0 Å². The van der Waals surface area contributed by atoms with Crippen LogP contribution in [-0.4, -0.2) is 13.0 Å². The summed E-state index contributed by atoms with van der Waals surface area (Å²) in [6, 6.07) is 19.9. The molecule has 1 aromatic heterocycles. The van der Waals surface area contributed by atoms with Crippen LogP contribution in [0, 0.1) is 6.92 Å². The lowest BCUT2D eigenvalue weighted by Gasteiger charge is -2.12. The number of anilines is 1. The largest absolute Gasteiger partial charge is 0.496 e. The van der Waals surface area contributed by atoms with E-state index in [2.05, 4.69) is 21.2 Å². The van der Waals surface area contributed by atoms with Gasteiger partial charge in [-0.3, -0.25) is 4.79 Å². The highest BCUT2D eigenvalue weighted by atomic mass is 79.9. The van der Waals surface area contributed by atoms with Crippen molar-refractivity contribution in [1.29, 1.82) is 0 Å². The molecule has 0 aliphatic carbocycles. The molecule has 3 aromatic carbocycles. The number of ether oxygens (including phenoxy) is 1. The molecule has 0 bridgehead atoms. The Labute approximate surface area is 181 Å². The summed E-state index contributed by atoms with van der Waals surface area (Å²) in [7, 11) is 1.52. The van der Waals surface area contributed by atoms with Crippen LogP contribution in [0.2, 0.25) is 0 Å². The van der Waals surface area contributed by atoms with Gasteiger partial charge in [0.25, 0.3) is 5.91 Å². The number of aryl methyl sites for hydroxylation is 1. The number of hydrogen-bond acceptors (Lipinski definition) is 4. The molecule has 0 aliphatic rings. The normalized spacial score (nSPS) is 10.8. The fourth-order valence-electron chi connectivity index (χ4n) is 3.35. The first-order valence-electron chi connectivity index (χ1n) is 9.25. The average Bonchev–Trinajstić information content (AvgIpc) is 2.73. The summed E-state index contributed by atoms with van der Waals surface area (Å²) < 4.78 is 11.5. The van der Waals surface area contributed by atoms with Crippen molar-refractivity contribution >= 4 is 38.5 Å². The summed E-state index contributed by atoms with van der Waals surface area (Å²) in [5.41, 5.74) is 3.28. The van der Waals surface area contributed by atoms with Gasteiger partial charge in [-0.25, -0.2) is 4.79 Å². The van der Waals surface area contributed by atoms with E-state index in [0.717, 1.165) is 21.0 Å². The fraction of sp³-hybridized carbons (Fsp3) is 0.0833. The minimum absolute atomic E-state index is 0.287. The van der Waals surface area contributed by atoms with Gasteiger partial charge >= 0.3 is 5.63 Å². The number of fused-ring (bicyclic) bond motifs is 1. The van der Waals surface area contributed by atoms with Gasteiger partial charge in [-0.15, -0.1) is 0 Å². The Balaban J connectivity index is 1.66. The molecule has 0 fully saturated rings. The van der Waals surface area contributed by atoms with Crippen molar-refractivity contribution in [3.63, 3.8) is 0 Å². The van der Waals surface area contributed by atoms with E-state index in [0.29, 0.717) is 28.1 Å². The van der Waals surface area contributed by atoms with Crippen LogP contribution in [0.4, 0.5) is 5.69 Å². The van der Waals surface area contributed by atoms with Gasteiger partial charge in [0.05, 0.1) is 18.2 Å². The average molecular weight is 464 g/mol. The molecule has 1 N–H and O–H groups in total. The molecule has 0 atom stereocenters. The molecule has 0 saturated heterocycles. The van der Waals surface area contributed by atoms with Crippen LogP contribution in [0.5, 0.6) is 5.75 Å². The molecule has 0 unspecified atom stereocenters. The molecule has 1 heterocycles. The van der Waals surface area contributed by atoms with Crippen LogP contribution in [0.1, 0.15) is 15.9 Å². The molecule has 0 saturated carbocycles. The molecule has 6 heteroatoms. The van der Waals surface area contributed by atoms with Gasteiger partial charge in [0.2, 0.25) is 0 Å². The number of methoxy groups -OCH3 is 1. The molecular weight excluding hydrogens is 446 g/mol. The van der Waals surface area contributed by atoms with Crippen molar-refractivity contribution < 1.29 is 13.9 Å². The lowest BCUT2D eigenvalue weighted by molar-refractivity contribution is 0.102. The smallest absolute Gasteiger partial charge is 0.344 e. The van der Waals surface area contributed by atoms with E-state index in [4.69, 9.17) is 9.15 Å². The minimum Gasteiger partial charge on any atom is -0.496 e. The monoisotopic (exact) mass is 463 g/mol. The van der Waals surface area contributed by atoms with Crippen LogP contribution in [0.3, 0.4) is 0 Å². The fourth-order valence-corrected chi connectivity index (χ4v) is 3.71. The lowest BCUT2D eigenvalue weighted by Crippen LogP contribution is -2.13. The molecular formula is C24H18BrNO4. The molecule has 30 heavy (non-hydrogen) atoms. The number of carbonyl (C=O) groups is 1. The van der Waals surface area contributed by atoms with Gasteiger partial charge in [-0.2, -0.15) is 0 Å². The third-order valence-electron chi connectivity index (χ3n) is 4.82. The van der Waals surface area contributed by atoms with Gasteiger partial charge in [-0.1, -0.05) is 40.2 Å². The molecule has 0 spiro atoms. The Morgan fingerprint density at radius 2 is 1.80 bits per heavy atom. The third-order valence-corrected chi connectivity index (χ3v) is 5.32. The van der Waals surface area contributed by atoms with Gasteiger partial charge in [0, 0.05) is 15.5 Å². The SMILES string of the molecule is COc1ccc(Br)cc1C(=O)Nc1ccc(-c2cc3ccccc3oc2=O)c(C)c1. The van der Waals surface area contributed by atoms with Crippen molar-refractivity contribution in [3.8, 4) is 16.9 Å². The number of nitrogens with one attached hydrogen (secondary N) is 1. The molecule has 0 aliphatic heterocycles. The second-order valence-corrected chi connectivity index (χ2v) is 7.73. The van der Waals surface area contributed by atoms with Gasteiger partial charge in [0.15, 0.2) is 0 Å². The maximum absolute atomic E-state index is 12.7. The van der Waals surface area contributed by atoms with E-state index in [1.54, 1.807) is 24.3 Å². The lowest BCUT2D eigenvalue weighted by atomic mass is 10.0. The number of benzene rings is 3. The zero-order valence-corrected chi connectivity index (χ0v) is 17.9. The summed E-state index contributed by atoms with van der Waals surface area (Å²) in [4.78, 5) is 25.2. The maximum Gasteiger partial charge on any atom is 0.344 e. The highest BCUT2D eigenvalue weighted by Crippen LogP contribution is 2.28. The van der Waals surface area contributed by atoms with E-state index >= 15 is 0 Å². The van der Waals surface area contributed by atoms with Crippen LogP contribution >= 0.6 is 15.9 Å². The number of rotatable bonds is 4. The number of para-hydroxylation sites is 1. The predicted molar refractivity (Wildman–Crippen MR) is 121 cm³/mol. The molecule has 4 rings (SSSR count). The van der Waals surface area contributed by atoms with E-state index in [9.17, 15) is 9.59 Å². The van der Waals surface area contributed by atoms with Crippen LogP contribution < -0.4 is 15.7 Å². The Morgan fingerprint density at radius 3 is 2.57 bits per heavy atom. The maximum atomic E-state index is 12.7. The summed E-state index contributed by atoms with van der Waals surface area (Å²) in [6.07, 6.45) is 0. The third kappa shape index (κ3) is 3.86. The summed E-state index contributed by atoms with van der Waals surface area (Å²) in [5, 5.41) is 3.74. The van der Waals surface area contributed by atoms with Crippen molar-refractivity contribution in [3.05, 3.63) is 92.7 Å². The molecule has 1 amide bonds. The summed E-state index contributed by atoms with van der Waals surface area (Å²) >= 11 is 3.38. The number of carbonyl (C=O) groups excluding carboxylic acids is 1. The van der Waals surface area contributed by atoms with E-state index < -0.39 is 5.63 Å². The van der Waals surface area contributed by atoms with Crippen molar-refractivity contribution in [2.45, 2.75) is 6.92 Å². The number of amides is 1.